The van der Waals surface area contributed by atoms with E-state index < -0.39 is 0 Å². The quantitative estimate of drug-likeness (QED) is 0.323. The van der Waals surface area contributed by atoms with Crippen molar-refractivity contribution in [1.82, 2.24) is 9.97 Å². The Labute approximate surface area is 181 Å². The number of hydrogen-bond donors (Lipinski definition) is 2. The van der Waals surface area contributed by atoms with Gasteiger partial charge in [-0.3, -0.25) is 4.79 Å². The second-order valence-electron chi connectivity index (χ2n) is 5.94. The highest BCUT2D eigenvalue weighted by atomic mass is 35.5. The van der Waals surface area contributed by atoms with Crippen molar-refractivity contribution in [3.63, 3.8) is 0 Å². The van der Waals surface area contributed by atoms with Crippen LogP contribution in [0.1, 0.15) is 12.5 Å². The van der Waals surface area contributed by atoms with Crippen LogP contribution in [0.5, 0.6) is 0 Å². The molecule has 2 aromatic heterocycles. The summed E-state index contributed by atoms with van der Waals surface area (Å²) in [7, 11) is 0. The van der Waals surface area contributed by atoms with Crippen molar-refractivity contribution in [2.45, 2.75) is 13.3 Å². The summed E-state index contributed by atoms with van der Waals surface area (Å²) in [5, 5.41) is 4.42. The first-order valence-electron chi connectivity index (χ1n) is 8.42. The fourth-order valence-electron chi connectivity index (χ4n) is 2.79. The molecule has 0 unspecified atom stereocenters. The summed E-state index contributed by atoms with van der Waals surface area (Å²) in [5.41, 5.74) is 2.54. The van der Waals surface area contributed by atoms with E-state index >= 15 is 0 Å². The number of fused-ring (bicyclic) bond motifs is 2. The molecule has 0 amide bonds. The van der Waals surface area contributed by atoms with Crippen molar-refractivity contribution in [3.05, 3.63) is 68.4 Å². The van der Waals surface area contributed by atoms with Crippen molar-refractivity contribution in [2.75, 3.05) is 6.61 Å². The first kappa shape index (κ1) is 20.9. The minimum absolute atomic E-state index is 0.161. The van der Waals surface area contributed by atoms with E-state index in [0.717, 1.165) is 32.4 Å². The molecule has 146 valence electrons. The van der Waals surface area contributed by atoms with Crippen molar-refractivity contribution in [2.24, 2.45) is 0 Å². The van der Waals surface area contributed by atoms with Crippen molar-refractivity contribution >= 4 is 74.2 Å². The maximum Gasteiger partial charge on any atom is 0.310 e. The van der Waals surface area contributed by atoms with Gasteiger partial charge in [-0.05, 0) is 37.3 Å². The molecule has 0 bridgehead atoms. The van der Waals surface area contributed by atoms with Gasteiger partial charge >= 0.3 is 5.97 Å². The number of H-pyrrole nitrogens is 2. The largest absolute Gasteiger partial charge is 0.466 e. The van der Waals surface area contributed by atoms with Gasteiger partial charge in [0, 0.05) is 37.4 Å². The number of halogens is 4. The molecular weight excluding hydrogens is 442 g/mol. The van der Waals surface area contributed by atoms with E-state index in [1.165, 1.54) is 0 Å². The summed E-state index contributed by atoms with van der Waals surface area (Å²) < 4.78 is 4.91. The van der Waals surface area contributed by atoms with Gasteiger partial charge in [-0.25, -0.2) is 0 Å². The number of hydrogen-bond acceptors (Lipinski definition) is 2. The highest BCUT2D eigenvalue weighted by Gasteiger charge is 2.14. The van der Waals surface area contributed by atoms with E-state index in [9.17, 15) is 4.79 Å². The molecule has 4 rings (SSSR count). The van der Waals surface area contributed by atoms with Crippen LogP contribution < -0.4 is 0 Å². The average molecular weight is 458 g/mol. The number of rotatable bonds is 3. The van der Waals surface area contributed by atoms with E-state index in [4.69, 9.17) is 51.1 Å². The molecule has 2 aromatic carbocycles. The Morgan fingerprint density at radius 2 is 1.61 bits per heavy atom. The number of benzene rings is 2. The molecule has 0 saturated carbocycles. The van der Waals surface area contributed by atoms with Crippen LogP contribution in [-0.4, -0.2) is 22.5 Å². The maximum atomic E-state index is 11.5. The SMILES string of the molecule is CCOC(=O)Cc1c(Cl)[nH]c2cc(Cl)ccc12.Clc1ccc2cc(Cl)[nH]c2c1. The molecule has 0 aliphatic rings. The van der Waals surface area contributed by atoms with Crippen molar-refractivity contribution in [3.8, 4) is 0 Å². The molecule has 0 atom stereocenters. The molecular formula is C20H16Cl4N2O2. The first-order chi connectivity index (χ1) is 13.4. The van der Waals surface area contributed by atoms with Gasteiger partial charge in [0.15, 0.2) is 0 Å². The van der Waals surface area contributed by atoms with E-state index in [1.807, 2.05) is 30.3 Å². The number of aromatic nitrogens is 2. The lowest BCUT2D eigenvalue weighted by Crippen LogP contribution is -2.07. The van der Waals surface area contributed by atoms with Crippen LogP contribution in [0, 0.1) is 0 Å². The van der Waals surface area contributed by atoms with Crippen molar-refractivity contribution < 1.29 is 9.53 Å². The third-order valence-corrected chi connectivity index (χ3v) is 4.99. The molecule has 4 aromatic rings. The molecule has 2 heterocycles. The molecule has 0 fully saturated rings. The average Bonchev–Trinajstić information content (AvgIpc) is 3.14. The lowest BCUT2D eigenvalue weighted by atomic mass is 10.1. The molecule has 0 radical (unpaired) electrons. The van der Waals surface area contributed by atoms with Crippen LogP contribution in [0.3, 0.4) is 0 Å². The Hall–Kier alpha value is -1.85. The van der Waals surface area contributed by atoms with E-state index in [-0.39, 0.29) is 12.4 Å². The number of carbonyl (C=O) groups excluding carboxylic acids is 1. The highest BCUT2D eigenvalue weighted by molar-refractivity contribution is 6.33. The Morgan fingerprint density at radius 3 is 2.32 bits per heavy atom. The van der Waals surface area contributed by atoms with Crippen LogP contribution in [-0.2, 0) is 16.0 Å². The molecule has 0 saturated heterocycles. The Kier molecular flexibility index (Phi) is 6.78. The number of aromatic amines is 2. The normalized spacial score (nSPS) is 10.8. The van der Waals surface area contributed by atoms with E-state index in [0.29, 0.717) is 21.9 Å². The van der Waals surface area contributed by atoms with Gasteiger partial charge in [-0.2, -0.15) is 0 Å². The van der Waals surface area contributed by atoms with Crippen LogP contribution in [0.15, 0.2) is 42.5 Å². The topological polar surface area (TPSA) is 57.9 Å². The standard InChI is InChI=1S/C12H11Cl2NO2.C8H5Cl2N/c1-2-17-11(16)6-9-8-4-3-7(13)5-10(8)15-12(9)14;9-6-2-1-5-3-8(10)11-7(5)4-6/h3-5,15H,2,6H2,1H3;1-4,11H. The Bertz CT molecular complexity index is 1130. The number of carbonyl (C=O) groups is 1. The van der Waals surface area contributed by atoms with Gasteiger partial charge in [0.1, 0.15) is 10.3 Å². The summed E-state index contributed by atoms with van der Waals surface area (Å²) in [6.07, 6.45) is 0.161. The summed E-state index contributed by atoms with van der Waals surface area (Å²) in [4.78, 5) is 17.4. The fourth-order valence-corrected chi connectivity index (χ4v) is 3.62. The van der Waals surface area contributed by atoms with Gasteiger partial charge in [-0.1, -0.05) is 58.5 Å². The Balaban J connectivity index is 0.000000176. The molecule has 4 nitrogen and oxygen atoms in total. The summed E-state index contributed by atoms with van der Waals surface area (Å²) in [6.45, 7) is 2.14. The first-order valence-corrected chi connectivity index (χ1v) is 9.93. The predicted molar refractivity (Wildman–Crippen MR) is 117 cm³/mol. The molecule has 8 heteroatoms. The van der Waals surface area contributed by atoms with E-state index in [1.54, 1.807) is 19.1 Å². The van der Waals surface area contributed by atoms with Crippen molar-refractivity contribution in [1.29, 1.82) is 0 Å². The predicted octanol–water partition coefficient (Wildman–Crippen LogP) is 7.06. The summed E-state index contributed by atoms with van der Waals surface area (Å²) in [6, 6.07) is 12.9. The van der Waals surface area contributed by atoms with E-state index in [2.05, 4.69) is 9.97 Å². The van der Waals surface area contributed by atoms with Gasteiger partial charge < -0.3 is 14.7 Å². The lowest BCUT2D eigenvalue weighted by molar-refractivity contribution is -0.142. The maximum absolute atomic E-state index is 11.5. The molecule has 0 aliphatic heterocycles. The van der Waals surface area contributed by atoms with Gasteiger partial charge in [0.2, 0.25) is 0 Å². The molecule has 28 heavy (non-hydrogen) atoms. The summed E-state index contributed by atoms with van der Waals surface area (Å²) in [5.74, 6) is -0.287. The Morgan fingerprint density at radius 1 is 0.929 bits per heavy atom. The lowest BCUT2D eigenvalue weighted by Gasteiger charge is -2.01. The third-order valence-electron chi connectivity index (χ3n) is 3.99. The zero-order valence-corrected chi connectivity index (χ0v) is 17.8. The molecule has 0 spiro atoms. The summed E-state index contributed by atoms with van der Waals surface area (Å²) >= 11 is 23.4. The zero-order valence-electron chi connectivity index (χ0n) is 14.8. The molecule has 2 N–H and O–H groups in total. The van der Waals surface area contributed by atoms with Gasteiger partial charge in [-0.15, -0.1) is 0 Å². The fraction of sp³-hybridized carbons (Fsp3) is 0.150. The third kappa shape index (κ3) is 4.95. The second kappa shape index (κ2) is 9.10. The van der Waals surface area contributed by atoms with Crippen LogP contribution in [0.4, 0.5) is 0 Å². The van der Waals surface area contributed by atoms with Crippen LogP contribution >= 0.6 is 46.4 Å². The smallest absolute Gasteiger partial charge is 0.310 e. The minimum atomic E-state index is -0.287. The number of nitrogens with one attached hydrogen (secondary N) is 2. The van der Waals surface area contributed by atoms with Crippen LogP contribution in [0.25, 0.3) is 21.8 Å². The van der Waals surface area contributed by atoms with Gasteiger partial charge in [0.25, 0.3) is 0 Å². The molecule has 0 aliphatic carbocycles. The number of ether oxygens (including phenoxy) is 1. The van der Waals surface area contributed by atoms with Gasteiger partial charge in [0.05, 0.1) is 13.0 Å². The number of esters is 1. The highest BCUT2D eigenvalue weighted by Crippen LogP contribution is 2.28. The minimum Gasteiger partial charge on any atom is -0.466 e. The zero-order chi connectivity index (χ0) is 20.3. The monoisotopic (exact) mass is 456 g/mol. The second-order valence-corrected chi connectivity index (χ2v) is 7.60. The van der Waals surface area contributed by atoms with Crippen LogP contribution in [0.2, 0.25) is 20.4 Å².